The Morgan fingerprint density at radius 2 is 2.08 bits per heavy atom. The highest BCUT2D eigenvalue weighted by Crippen LogP contribution is 2.26. The molecule has 0 fully saturated rings. The third kappa shape index (κ3) is 1.78. The van der Waals surface area contributed by atoms with Crippen LogP contribution in [0.3, 0.4) is 0 Å². The van der Waals surface area contributed by atoms with Gasteiger partial charge < -0.3 is 4.90 Å². The number of anilines is 1. The molecule has 0 aliphatic rings. The first-order valence-corrected chi connectivity index (χ1v) is 3.77. The lowest BCUT2D eigenvalue weighted by atomic mass is 10.3. The Bertz CT molecular complexity index is 343. The quantitative estimate of drug-likeness (QED) is 0.536. The average molecular weight is 206 g/mol. The van der Waals surface area contributed by atoms with Crippen molar-refractivity contribution in [3.8, 4) is 0 Å². The average Bonchev–Trinajstić information content (AvgIpc) is 2.13. The zero-order valence-corrected chi connectivity index (χ0v) is 7.48. The molecule has 0 saturated carbocycles. The minimum atomic E-state index is -0.934. The fraction of sp³-hybridized carbons (Fsp3) is 0.125. The second-order valence-electron chi connectivity index (χ2n) is 2.41. The van der Waals surface area contributed by atoms with Gasteiger partial charge in [0.1, 0.15) is 10.8 Å². The van der Waals surface area contributed by atoms with E-state index in [0.717, 1.165) is 17.0 Å². The van der Waals surface area contributed by atoms with Crippen molar-refractivity contribution in [3.63, 3.8) is 0 Å². The maximum Gasteiger partial charge on any atom is 0.213 e. The van der Waals surface area contributed by atoms with Gasteiger partial charge in [-0.15, -0.1) is 0 Å². The molecule has 0 spiro atoms. The predicted molar refractivity (Wildman–Crippen MR) is 45.8 cm³/mol. The molecule has 0 aliphatic carbocycles. The van der Waals surface area contributed by atoms with Crippen molar-refractivity contribution >= 4 is 23.7 Å². The molecule has 0 heterocycles. The number of carbonyl (C=O) groups excluding carboxylic acids is 1. The molecule has 13 heavy (non-hydrogen) atoms. The lowest BCUT2D eigenvalue weighted by Gasteiger charge is -2.12. The van der Waals surface area contributed by atoms with E-state index in [4.69, 9.17) is 11.6 Å². The standard InChI is InChI=1S/C8H6ClF2NO/c1-12(4-13)6-3-2-5(10)7(9)8(6)11/h2-4H,1H3. The first-order valence-electron chi connectivity index (χ1n) is 3.39. The molecule has 0 bridgehead atoms. The van der Waals surface area contributed by atoms with Crippen molar-refractivity contribution < 1.29 is 13.6 Å². The number of benzene rings is 1. The Morgan fingerprint density at radius 1 is 1.46 bits per heavy atom. The minimum Gasteiger partial charge on any atom is -0.315 e. The molecule has 0 N–H and O–H groups in total. The van der Waals surface area contributed by atoms with Crippen LogP contribution in [-0.4, -0.2) is 13.5 Å². The van der Waals surface area contributed by atoms with Crippen LogP contribution < -0.4 is 4.90 Å². The summed E-state index contributed by atoms with van der Waals surface area (Å²) < 4.78 is 25.8. The Kier molecular flexibility index (Phi) is 2.83. The van der Waals surface area contributed by atoms with Crippen LogP contribution in [0, 0.1) is 11.6 Å². The van der Waals surface area contributed by atoms with Gasteiger partial charge in [-0.1, -0.05) is 11.6 Å². The van der Waals surface area contributed by atoms with Gasteiger partial charge in [0.05, 0.1) is 5.69 Å². The minimum absolute atomic E-state index is 0.0543. The molecule has 70 valence electrons. The maximum absolute atomic E-state index is 13.1. The lowest BCUT2D eigenvalue weighted by Crippen LogP contribution is -2.15. The van der Waals surface area contributed by atoms with Gasteiger partial charge in [0, 0.05) is 7.05 Å². The topological polar surface area (TPSA) is 20.3 Å². The summed E-state index contributed by atoms with van der Waals surface area (Å²) in [5, 5.41) is -0.605. The first-order chi connectivity index (χ1) is 6.07. The fourth-order valence-corrected chi connectivity index (χ4v) is 1.00. The van der Waals surface area contributed by atoms with Crippen molar-refractivity contribution in [2.45, 2.75) is 0 Å². The maximum atomic E-state index is 13.1. The molecule has 1 aromatic carbocycles. The molecule has 0 aromatic heterocycles. The zero-order chi connectivity index (χ0) is 10.0. The SMILES string of the molecule is CN(C=O)c1ccc(F)c(Cl)c1F. The molecule has 0 radical (unpaired) electrons. The highest BCUT2D eigenvalue weighted by molar-refractivity contribution is 6.31. The van der Waals surface area contributed by atoms with Crippen LogP contribution in [0.5, 0.6) is 0 Å². The third-order valence-electron chi connectivity index (χ3n) is 1.55. The second-order valence-corrected chi connectivity index (χ2v) is 2.79. The van der Waals surface area contributed by atoms with Crippen molar-refractivity contribution in [2.24, 2.45) is 0 Å². The molecule has 1 aromatic rings. The van der Waals surface area contributed by atoms with Crippen LogP contribution in [0.2, 0.25) is 5.02 Å². The van der Waals surface area contributed by atoms with Gasteiger partial charge >= 0.3 is 0 Å². The third-order valence-corrected chi connectivity index (χ3v) is 1.90. The van der Waals surface area contributed by atoms with E-state index in [1.54, 1.807) is 0 Å². The molecule has 1 amide bonds. The predicted octanol–water partition coefficient (Wildman–Crippen LogP) is 2.21. The van der Waals surface area contributed by atoms with Crippen molar-refractivity contribution in [2.75, 3.05) is 11.9 Å². The number of rotatable bonds is 2. The highest BCUT2D eigenvalue weighted by atomic mass is 35.5. The van der Waals surface area contributed by atoms with Gasteiger partial charge in [0.2, 0.25) is 6.41 Å². The van der Waals surface area contributed by atoms with Gasteiger partial charge in [0.25, 0.3) is 0 Å². The molecule has 0 atom stereocenters. The van der Waals surface area contributed by atoms with Crippen molar-refractivity contribution in [1.29, 1.82) is 0 Å². The van der Waals surface area contributed by atoms with Crippen LogP contribution in [0.1, 0.15) is 0 Å². The number of hydrogen-bond donors (Lipinski definition) is 0. The van der Waals surface area contributed by atoms with Gasteiger partial charge in [-0.3, -0.25) is 4.79 Å². The first kappa shape index (κ1) is 9.92. The molecule has 0 unspecified atom stereocenters. The van der Waals surface area contributed by atoms with Crippen LogP contribution in [0.4, 0.5) is 14.5 Å². The monoisotopic (exact) mass is 205 g/mol. The van der Waals surface area contributed by atoms with E-state index >= 15 is 0 Å². The van der Waals surface area contributed by atoms with Crippen LogP contribution >= 0.6 is 11.6 Å². The summed E-state index contributed by atoms with van der Waals surface area (Å²) in [5.74, 6) is -1.78. The van der Waals surface area contributed by atoms with Gasteiger partial charge in [-0.05, 0) is 12.1 Å². The Morgan fingerprint density at radius 3 is 2.62 bits per heavy atom. The molecular weight excluding hydrogens is 200 g/mol. The smallest absolute Gasteiger partial charge is 0.213 e. The Hall–Kier alpha value is -1.16. The van der Waals surface area contributed by atoms with Crippen LogP contribution in [-0.2, 0) is 4.79 Å². The number of amides is 1. The summed E-state index contributed by atoms with van der Waals surface area (Å²) in [5.41, 5.74) is -0.0543. The largest absolute Gasteiger partial charge is 0.315 e. The van der Waals surface area contributed by atoms with Crippen molar-refractivity contribution in [3.05, 3.63) is 28.8 Å². The van der Waals surface area contributed by atoms with Gasteiger partial charge in [-0.2, -0.15) is 0 Å². The number of hydrogen-bond acceptors (Lipinski definition) is 1. The lowest BCUT2D eigenvalue weighted by molar-refractivity contribution is -0.107. The molecular formula is C8H6ClF2NO. The van der Waals surface area contributed by atoms with E-state index < -0.39 is 16.7 Å². The van der Waals surface area contributed by atoms with Gasteiger partial charge in [0.15, 0.2) is 5.82 Å². The van der Waals surface area contributed by atoms with E-state index in [-0.39, 0.29) is 5.69 Å². The van der Waals surface area contributed by atoms with Crippen LogP contribution in [0.15, 0.2) is 12.1 Å². The number of halogens is 3. The van der Waals surface area contributed by atoms with E-state index in [2.05, 4.69) is 0 Å². The molecule has 2 nitrogen and oxygen atoms in total. The Balaban J connectivity index is 3.25. The number of nitrogens with zero attached hydrogens (tertiary/aromatic N) is 1. The molecule has 0 aliphatic heterocycles. The van der Waals surface area contributed by atoms with Crippen LogP contribution in [0.25, 0.3) is 0 Å². The summed E-state index contributed by atoms with van der Waals surface area (Å²) in [4.78, 5) is 11.2. The molecule has 0 saturated heterocycles. The van der Waals surface area contributed by atoms with E-state index in [0.29, 0.717) is 6.41 Å². The molecule has 5 heteroatoms. The summed E-state index contributed by atoms with van der Waals surface area (Å²) in [6, 6.07) is 2.14. The normalized spacial score (nSPS) is 9.85. The summed E-state index contributed by atoms with van der Waals surface area (Å²) >= 11 is 5.29. The van der Waals surface area contributed by atoms with Gasteiger partial charge in [-0.25, -0.2) is 8.78 Å². The zero-order valence-electron chi connectivity index (χ0n) is 6.72. The number of carbonyl (C=O) groups is 1. The van der Waals surface area contributed by atoms with E-state index in [9.17, 15) is 13.6 Å². The van der Waals surface area contributed by atoms with E-state index in [1.165, 1.54) is 7.05 Å². The highest BCUT2D eigenvalue weighted by Gasteiger charge is 2.13. The second kappa shape index (κ2) is 3.70. The summed E-state index contributed by atoms with van der Waals surface area (Å²) in [6.45, 7) is 0. The summed E-state index contributed by atoms with van der Waals surface area (Å²) in [6.07, 6.45) is 0.409. The summed E-state index contributed by atoms with van der Waals surface area (Å²) in [7, 11) is 1.35. The fourth-order valence-electron chi connectivity index (χ4n) is 0.845. The molecule has 1 rings (SSSR count). The van der Waals surface area contributed by atoms with Crippen molar-refractivity contribution in [1.82, 2.24) is 0 Å². The Labute approximate surface area is 78.7 Å². The van der Waals surface area contributed by atoms with E-state index in [1.807, 2.05) is 0 Å².